The lowest BCUT2D eigenvalue weighted by Crippen LogP contribution is -1.97. The van der Waals surface area contributed by atoms with Crippen molar-refractivity contribution in [2.45, 2.75) is 13.3 Å². The standard InChI is InChI=1S/C17H16N2O2/c1-11-4-2-5-13-16(11)19-17(18-13)12-6-7-14-15(10-12)21-9-3-8-20-14/h2,4-7,10H,3,8-9H2,1H3,(H,18,19). The highest BCUT2D eigenvalue weighted by molar-refractivity contribution is 5.82. The van der Waals surface area contributed by atoms with Crippen LogP contribution in [0.4, 0.5) is 0 Å². The number of fused-ring (bicyclic) bond motifs is 2. The van der Waals surface area contributed by atoms with Crippen molar-refractivity contribution in [1.82, 2.24) is 9.97 Å². The number of ether oxygens (including phenoxy) is 2. The van der Waals surface area contributed by atoms with Crippen LogP contribution in [0.2, 0.25) is 0 Å². The number of aromatic nitrogens is 2. The minimum Gasteiger partial charge on any atom is -0.490 e. The SMILES string of the molecule is Cc1cccc2[nH]c(-c3ccc4c(c3)OCCCO4)nc12. The molecule has 0 saturated carbocycles. The number of para-hydroxylation sites is 1. The molecule has 0 atom stereocenters. The number of hydrogen-bond donors (Lipinski definition) is 1. The van der Waals surface area contributed by atoms with Gasteiger partial charge in [-0.2, -0.15) is 0 Å². The minimum atomic E-state index is 0.690. The van der Waals surface area contributed by atoms with Gasteiger partial charge in [-0.1, -0.05) is 12.1 Å². The average Bonchev–Trinajstić information content (AvgIpc) is 2.80. The highest BCUT2D eigenvalue weighted by Gasteiger charge is 2.13. The van der Waals surface area contributed by atoms with E-state index in [1.165, 1.54) is 5.56 Å². The Balaban J connectivity index is 1.81. The van der Waals surface area contributed by atoms with Crippen molar-refractivity contribution in [2.24, 2.45) is 0 Å². The number of imidazole rings is 1. The third-order valence-corrected chi connectivity index (χ3v) is 3.74. The van der Waals surface area contributed by atoms with E-state index in [2.05, 4.69) is 18.0 Å². The van der Waals surface area contributed by atoms with Crippen LogP contribution in [-0.2, 0) is 0 Å². The number of nitrogens with zero attached hydrogens (tertiary/aromatic N) is 1. The Bertz CT molecular complexity index is 808. The molecule has 1 aromatic heterocycles. The van der Waals surface area contributed by atoms with Gasteiger partial charge in [0.05, 0.1) is 24.2 Å². The number of nitrogens with one attached hydrogen (secondary N) is 1. The first-order valence-electron chi connectivity index (χ1n) is 7.16. The van der Waals surface area contributed by atoms with Gasteiger partial charge in [0.1, 0.15) is 5.82 Å². The van der Waals surface area contributed by atoms with Crippen LogP contribution in [0.25, 0.3) is 22.4 Å². The van der Waals surface area contributed by atoms with Gasteiger partial charge in [-0.25, -0.2) is 4.98 Å². The van der Waals surface area contributed by atoms with E-state index in [9.17, 15) is 0 Å². The topological polar surface area (TPSA) is 47.1 Å². The summed E-state index contributed by atoms with van der Waals surface area (Å²) in [5.41, 5.74) is 4.25. The highest BCUT2D eigenvalue weighted by Crippen LogP contribution is 2.34. The van der Waals surface area contributed by atoms with E-state index in [1.54, 1.807) is 0 Å². The maximum atomic E-state index is 5.74. The van der Waals surface area contributed by atoms with Gasteiger partial charge in [0.15, 0.2) is 11.5 Å². The van der Waals surface area contributed by atoms with Gasteiger partial charge in [0, 0.05) is 12.0 Å². The van der Waals surface area contributed by atoms with Crippen molar-refractivity contribution in [3.63, 3.8) is 0 Å². The lowest BCUT2D eigenvalue weighted by molar-refractivity contribution is 0.297. The van der Waals surface area contributed by atoms with Crippen molar-refractivity contribution in [3.8, 4) is 22.9 Å². The van der Waals surface area contributed by atoms with Crippen molar-refractivity contribution < 1.29 is 9.47 Å². The third-order valence-electron chi connectivity index (χ3n) is 3.74. The van der Waals surface area contributed by atoms with Crippen LogP contribution in [0.5, 0.6) is 11.5 Å². The van der Waals surface area contributed by atoms with Gasteiger partial charge in [0.2, 0.25) is 0 Å². The van der Waals surface area contributed by atoms with Gasteiger partial charge in [0.25, 0.3) is 0 Å². The molecule has 1 aliphatic rings. The van der Waals surface area contributed by atoms with Crippen LogP contribution in [0.3, 0.4) is 0 Å². The molecule has 0 unspecified atom stereocenters. The van der Waals surface area contributed by atoms with Gasteiger partial charge in [-0.15, -0.1) is 0 Å². The zero-order valence-electron chi connectivity index (χ0n) is 11.8. The zero-order valence-corrected chi connectivity index (χ0v) is 11.8. The molecule has 0 saturated heterocycles. The second-order valence-electron chi connectivity index (χ2n) is 5.27. The van der Waals surface area contributed by atoms with Crippen LogP contribution < -0.4 is 9.47 Å². The van der Waals surface area contributed by atoms with Gasteiger partial charge < -0.3 is 14.5 Å². The van der Waals surface area contributed by atoms with E-state index in [4.69, 9.17) is 14.5 Å². The zero-order chi connectivity index (χ0) is 14.2. The number of aromatic amines is 1. The largest absolute Gasteiger partial charge is 0.490 e. The van der Waals surface area contributed by atoms with Crippen molar-refractivity contribution >= 4 is 11.0 Å². The number of rotatable bonds is 1. The summed E-state index contributed by atoms with van der Waals surface area (Å²) in [5.74, 6) is 2.46. The first kappa shape index (κ1) is 12.3. The highest BCUT2D eigenvalue weighted by atomic mass is 16.5. The van der Waals surface area contributed by atoms with E-state index < -0.39 is 0 Å². The van der Waals surface area contributed by atoms with E-state index in [1.807, 2.05) is 30.3 Å². The van der Waals surface area contributed by atoms with Crippen LogP contribution in [0.1, 0.15) is 12.0 Å². The molecule has 0 spiro atoms. The van der Waals surface area contributed by atoms with E-state index in [0.29, 0.717) is 13.2 Å². The molecule has 4 heteroatoms. The quantitative estimate of drug-likeness (QED) is 0.739. The summed E-state index contributed by atoms with van der Waals surface area (Å²) in [5, 5.41) is 0. The summed E-state index contributed by atoms with van der Waals surface area (Å²) in [4.78, 5) is 8.07. The lowest BCUT2D eigenvalue weighted by atomic mass is 10.2. The number of H-pyrrole nitrogens is 1. The maximum Gasteiger partial charge on any atom is 0.161 e. The van der Waals surface area contributed by atoms with Crippen LogP contribution >= 0.6 is 0 Å². The second kappa shape index (κ2) is 4.81. The molecule has 0 fully saturated rings. The molecule has 3 aromatic rings. The molecule has 0 aliphatic carbocycles. The normalized spacial score (nSPS) is 14.1. The summed E-state index contributed by atoms with van der Waals surface area (Å²) < 4.78 is 11.4. The molecule has 0 radical (unpaired) electrons. The summed E-state index contributed by atoms with van der Waals surface area (Å²) >= 11 is 0. The molecule has 0 amide bonds. The van der Waals surface area contributed by atoms with E-state index >= 15 is 0 Å². The van der Waals surface area contributed by atoms with Crippen molar-refractivity contribution in [2.75, 3.05) is 13.2 Å². The van der Waals surface area contributed by atoms with Crippen molar-refractivity contribution in [1.29, 1.82) is 0 Å². The molecule has 2 aromatic carbocycles. The molecule has 1 aliphatic heterocycles. The molecule has 4 rings (SSSR count). The Kier molecular flexibility index (Phi) is 2.81. The van der Waals surface area contributed by atoms with Gasteiger partial charge in [-0.3, -0.25) is 0 Å². The van der Waals surface area contributed by atoms with Crippen LogP contribution in [0, 0.1) is 6.92 Å². The lowest BCUT2D eigenvalue weighted by Gasteiger charge is -2.07. The second-order valence-corrected chi connectivity index (χ2v) is 5.27. The van der Waals surface area contributed by atoms with E-state index in [-0.39, 0.29) is 0 Å². The first-order valence-corrected chi connectivity index (χ1v) is 7.16. The Hall–Kier alpha value is -2.49. The Morgan fingerprint density at radius 2 is 1.90 bits per heavy atom. The fourth-order valence-electron chi connectivity index (χ4n) is 2.62. The predicted octanol–water partition coefficient (Wildman–Crippen LogP) is 3.70. The number of aryl methyl sites for hydroxylation is 1. The Morgan fingerprint density at radius 1 is 1.05 bits per heavy atom. The summed E-state index contributed by atoms with van der Waals surface area (Å²) in [6.45, 7) is 3.47. The molecule has 106 valence electrons. The maximum absolute atomic E-state index is 5.74. The fourth-order valence-corrected chi connectivity index (χ4v) is 2.62. The fraction of sp³-hybridized carbons (Fsp3) is 0.235. The smallest absolute Gasteiger partial charge is 0.161 e. The summed E-state index contributed by atoms with van der Waals surface area (Å²) in [6, 6.07) is 12.1. The molecule has 1 N–H and O–H groups in total. The summed E-state index contributed by atoms with van der Waals surface area (Å²) in [6.07, 6.45) is 0.911. The minimum absolute atomic E-state index is 0.690. The average molecular weight is 280 g/mol. The number of benzene rings is 2. The number of hydrogen-bond acceptors (Lipinski definition) is 3. The first-order chi connectivity index (χ1) is 10.3. The molecule has 0 bridgehead atoms. The molecular formula is C17H16N2O2. The summed E-state index contributed by atoms with van der Waals surface area (Å²) in [7, 11) is 0. The molecule has 4 nitrogen and oxygen atoms in total. The Labute approximate surface area is 122 Å². The molecular weight excluding hydrogens is 264 g/mol. The predicted molar refractivity (Wildman–Crippen MR) is 81.9 cm³/mol. The van der Waals surface area contributed by atoms with Crippen LogP contribution in [-0.4, -0.2) is 23.2 Å². The monoisotopic (exact) mass is 280 g/mol. The Morgan fingerprint density at radius 3 is 2.76 bits per heavy atom. The molecule has 2 heterocycles. The van der Waals surface area contributed by atoms with Crippen molar-refractivity contribution in [3.05, 3.63) is 42.0 Å². The third kappa shape index (κ3) is 2.13. The van der Waals surface area contributed by atoms with Gasteiger partial charge in [-0.05, 0) is 36.8 Å². The van der Waals surface area contributed by atoms with Crippen LogP contribution in [0.15, 0.2) is 36.4 Å². The molecule has 21 heavy (non-hydrogen) atoms. The van der Waals surface area contributed by atoms with E-state index in [0.717, 1.165) is 40.3 Å². The van der Waals surface area contributed by atoms with Gasteiger partial charge >= 0.3 is 0 Å².